The van der Waals surface area contributed by atoms with Gasteiger partial charge >= 0.3 is 0 Å². The van der Waals surface area contributed by atoms with E-state index < -0.39 is 11.5 Å². The molecule has 1 fully saturated rings. The van der Waals surface area contributed by atoms with E-state index in [9.17, 15) is 18.8 Å². The third-order valence-corrected chi connectivity index (χ3v) is 6.16. The number of amides is 1. The topological polar surface area (TPSA) is 119 Å². The number of nitriles is 1. The first-order valence-corrected chi connectivity index (χ1v) is 11.1. The second-order valence-corrected chi connectivity index (χ2v) is 8.47. The summed E-state index contributed by atoms with van der Waals surface area (Å²) in [6, 6.07) is 11.8. The lowest BCUT2D eigenvalue weighted by Gasteiger charge is -2.39. The summed E-state index contributed by atoms with van der Waals surface area (Å²) < 4.78 is 27.3. The highest BCUT2D eigenvalue weighted by molar-refractivity contribution is 5.99. The predicted molar refractivity (Wildman–Crippen MR) is 122 cm³/mol. The largest absolute Gasteiger partial charge is 0.345 e. The molecule has 3 aromatic rings. The van der Waals surface area contributed by atoms with Crippen molar-refractivity contribution in [2.75, 3.05) is 5.32 Å². The van der Waals surface area contributed by atoms with E-state index in [0.29, 0.717) is 36.5 Å². The normalized spacial score (nSPS) is 19.9. The fourth-order valence-corrected chi connectivity index (χ4v) is 4.25. The SMILES string of the molecule is N#CCC1(NC(=O)c2cn[nH]c2Nc2ccnc(F)c2)CCC(NCc2ccccc2F)CC1. The predicted octanol–water partition coefficient (Wildman–Crippen LogP) is 3.94. The molecule has 2 aromatic heterocycles. The molecular weight excluding hydrogens is 440 g/mol. The Hall–Kier alpha value is -3.84. The maximum absolute atomic E-state index is 13.9. The molecular formula is C24H25F2N7O. The molecule has 0 saturated heterocycles. The van der Waals surface area contributed by atoms with Crippen molar-refractivity contribution < 1.29 is 13.6 Å². The molecule has 1 aromatic carbocycles. The first-order valence-electron chi connectivity index (χ1n) is 11.1. The van der Waals surface area contributed by atoms with Crippen molar-refractivity contribution in [3.05, 3.63) is 71.7 Å². The molecule has 34 heavy (non-hydrogen) atoms. The van der Waals surface area contributed by atoms with Crippen molar-refractivity contribution >= 4 is 17.4 Å². The van der Waals surface area contributed by atoms with Crippen LogP contribution in [-0.4, -0.2) is 32.7 Å². The number of aromatic nitrogens is 3. The highest BCUT2D eigenvalue weighted by atomic mass is 19.1. The number of aromatic amines is 1. The van der Waals surface area contributed by atoms with Crippen molar-refractivity contribution in [3.8, 4) is 6.07 Å². The molecule has 8 nitrogen and oxygen atoms in total. The minimum Gasteiger partial charge on any atom is -0.345 e. The fraction of sp³-hybridized carbons (Fsp3) is 0.333. The highest BCUT2D eigenvalue weighted by Crippen LogP contribution is 2.32. The summed E-state index contributed by atoms with van der Waals surface area (Å²) in [5.41, 5.74) is 0.617. The van der Waals surface area contributed by atoms with E-state index in [2.05, 4.69) is 37.2 Å². The molecule has 0 atom stereocenters. The Morgan fingerprint density at radius 3 is 2.76 bits per heavy atom. The van der Waals surface area contributed by atoms with Gasteiger partial charge in [0.25, 0.3) is 5.91 Å². The van der Waals surface area contributed by atoms with Gasteiger partial charge in [-0.1, -0.05) is 18.2 Å². The summed E-state index contributed by atoms with van der Waals surface area (Å²) in [6.07, 6.45) is 5.57. The van der Waals surface area contributed by atoms with Gasteiger partial charge in [0.1, 0.15) is 17.2 Å². The number of hydrogen-bond acceptors (Lipinski definition) is 6. The lowest BCUT2D eigenvalue weighted by molar-refractivity contribution is 0.0861. The Morgan fingerprint density at radius 2 is 2.03 bits per heavy atom. The van der Waals surface area contributed by atoms with E-state index in [1.807, 2.05) is 0 Å². The maximum Gasteiger partial charge on any atom is 0.257 e. The lowest BCUT2D eigenvalue weighted by Crippen LogP contribution is -2.52. The molecule has 0 aliphatic heterocycles. The molecule has 1 saturated carbocycles. The molecule has 0 bridgehead atoms. The van der Waals surface area contributed by atoms with Crippen molar-refractivity contribution in [3.63, 3.8) is 0 Å². The van der Waals surface area contributed by atoms with Crippen LogP contribution in [0.2, 0.25) is 0 Å². The number of H-pyrrole nitrogens is 1. The van der Waals surface area contributed by atoms with Crippen LogP contribution in [0.4, 0.5) is 20.3 Å². The van der Waals surface area contributed by atoms with Gasteiger partial charge in [0.05, 0.1) is 24.2 Å². The number of halogens is 2. The third kappa shape index (κ3) is 5.55. The van der Waals surface area contributed by atoms with Crippen molar-refractivity contribution in [2.24, 2.45) is 0 Å². The van der Waals surface area contributed by atoms with Crippen LogP contribution >= 0.6 is 0 Å². The summed E-state index contributed by atoms with van der Waals surface area (Å²) in [7, 11) is 0. The van der Waals surface area contributed by atoms with Crippen LogP contribution in [0.3, 0.4) is 0 Å². The van der Waals surface area contributed by atoms with Gasteiger partial charge in [-0.2, -0.15) is 14.8 Å². The molecule has 10 heteroatoms. The molecule has 1 amide bonds. The zero-order chi connectivity index (χ0) is 24.0. The molecule has 4 N–H and O–H groups in total. The van der Waals surface area contributed by atoms with E-state index in [1.165, 1.54) is 24.5 Å². The molecule has 176 valence electrons. The van der Waals surface area contributed by atoms with Gasteiger partial charge in [-0.3, -0.25) is 9.89 Å². The second kappa shape index (κ2) is 10.4. The lowest BCUT2D eigenvalue weighted by atomic mass is 9.77. The van der Waals surface area contributed by atoms with Gasteiger partial charge in [-0.25, -0.2) is 9.37 Å². The van der Waals surface area contributed by atoms with Gasteiger partial charge in [-0.05, 0) is 37.8 Å². The smallest absolute Gasteiger partial charge is 0.257 e. The Kier molecular flexibility index (Phi) is 7.13. The monoisotopic (exact) mass is 465 g/mol. The first-order chi connectivity index (χ1) is 16.5. The molecule has 0 unspecified atom stereocenters. The first kappa shape index (κ1) is 23.3. The summed E-state index contributed by atoms with van der Waals surface area (Å²) in [5.74, 6) is -0.950. The molecule has 1 aliphatic rings. The number of benzene rings is 1. The van der Waals surface area contributed by atoms with E-state index in [4.69, 9.17) is 0 Å². The van der Waals surface area contributed by atoms with Crippen LogP contribution in [0.15, 0.2) is 48.8 Å². The van der Waals surface area contributed by atoms with Gasteiger partial charge in [-0.15, -0.1) is 0 Å². The Balaban J connectivity index is 1.38. The Labute approximate surface area is 195 Å². The zero-order valence-electron chi connectivity index (χ0n) is 18.4. The molecule has 2 heterocycles. The number of nitrogens with zero attached hydrogens (tertiary/aromatic N) is 3. The Morgan fingerprint density at radius 1 is 1.24 bits per heavy atom. The Bertz CT molecular complexity index is 1180. The van der Waals surface area contributed by atoms with E-state index in [-0.39, 0.29) is 29.8 Å². The van der Waals surface area contributed by atoms with Crippen LogP contribution in [0.1, 0.15) is 48.0 Å². The highest BCUT2D eigenvalue weighted by Gasteiger charge is 2.37. The number of rotatable bonds is 8. The van der Waals surface area contributed by atoms with Crippen LogP contribution in [0.25, 0.3) is 0 Å². The quantitative estimate of drug-likeness (QED) is 0.374. The average Bonchev–Trinajstić information content (AvgIpc) is 3.28. The number of pyridine rings is 1. The van der Waals surface area contributed by atoms with E-state index in [1.54, 1.807) is 24.3 Å². The number of nitrogens with one attached hydrogen (secondary N) is 4. The average molecular weight is 466 g/mol. The van der Waals surface area contributed by atoms with E-state index >= 15 is 0 Å². The molecule has 1 aliphatic carbocycles. The van der Waals surface area contributed by atoms with Gasteiger partial charge in [0, 0.05) is 36.1 Å². The van der Waals surface area contributed by atoms with Crippen molar-refractivity contribution in [1.82, 2.24) is 25.8 Å². The van der Waals surface area contributed by atoms with Gasteiger partial charge < -0.3 is 16.0 Å². The number of carbonyl (C=O) groups is 1. The summed E-state index contributed by atoms with van der Waals surface area (Å²) in [4.78, 5) is 16.6. The second-order valence-electron chi connectivity index (χ2n) is 8.47. The maximum atomic E-state index is 13.9. The molecule has 4 rings (SSSR count). The van der Waals surface area contributed by atoms with Crippen molar-refractivity contribution in [2.45, 2.75) is 50.2 Å². The molecule has 0 radical (unpaired) electrons. The fourth-order valence-electron chi connectivity index (χ4n) is 4.25. The van der Waals surface area contributed by atoms with Crippen LogP contribution in [0, 0.1) is 23.1 Å². The van der Waals surface area contributed by atoms with Crippen LogP contribution < -0.4 is 16.0 Å². The number of carbonyl (C=O) groups excluding carboxylic acids is 1. The standard InChI is InChI=1S/C24H25F2N7O/c25-20-4-2-1-3-16(20)14-29-17-5-8-24(9-6-17,10-11-27)32-23(34)19-15-30-33-22(19)31-18-7-12-28-21(26)13-18/h1-4,7,12-13,15,17,29H,5-6,8-10,14H2,(H,32,34)(H2,28,30,31,33). The van der Waals surface area contributed by atoms with Gasteiger partial charge in [0.2, 0.25) is 5.95 Å². The number of anilines is 2. The van der Waals surface area contributed by atoms with Crippen LogP contribution in [-0.2, 0) is 6.54 Å². The van der Waals surface area contributed by atoms with Gasteiger partial charge in [0.15, 0.2) is 0 Å². The number of hydrogen-bond donors (Lipinski definition) is 4. The molecule has 0 spiro atoms. The summed E-state index contributed by atoms with van der Waals surface area (Å²) in [6.45, 7) is 0.425. The zero-order valence-corrected chi connectivity index (χ0v) is 18.4. The summed E-state index contributed by atoms with van der Waals surface area (Å²) >= 11 is 0. The third-order valence-electron chi connectivity index (χ3n) is 6.16. The van der Waals surface area contributed by atoms with E-state index in [0.717, 1.165) is 12.8 Å². The summed E-state index contributed by atoms with van der Waals surface area (Å²) in [5, 5.41) is 25.4. The minimum absolute atomic E-state index is 0.163. The minimum atomic E-state index is -0.667. The van der Waals surface area contributed by atoms with Crippen molar-refractivity contribution in [1.29, 1.82) is 5.26 Å². The van der Waals surface area contributed by atoms with Crippen LogP contribution in [0.5, 0.6) is 0 Å².